The maximum absolute atomic E-state index is 10.1. The number of methoxy groups -OCH3 is 1. The zero-order valence-corrected chi connectivity index (χ0v) is 23.9. The first-order chi connectivity index (χ1) is 20.1. The number of nitriles is 1. The molecule has 0 spiro atoms. The Bertz CT molecular complexity index is 1670. The van der Waals surface area contributed by atoms with Gasteiger partial charge < -0.3 is 24.1 Å². The van der Waals surface area contributed by atoms with Crippen LogP contribution in [-0.2, 0) is 6.54 Å². The third kappa shape index (κ3) is 6.65. The second kappa shape index (κ2) is 13.0. The summed E-state index contributed by atoms with van der Waals surface area (Å²) in [5, 5.41) is 13.9. The minimum Gasteiger partial charge on any atom is -0.497 e. The Labute approximate surface area is 243 Å². The summed E-state index contributed by atoms with van der Waals surface area (Å²) in [5.41, 5.74) is 4.56. The molecule has 0 radical (unpaired) electrons. The van der Waals surface area contributed by atoms with Crippen LogP contribution in [0.5, 0.6) is 16.6 Å². The topological polar surface area (TPSA) is 107 Å². The minimum atomic E-state index is 0.427. The third-order valence-corrected chi connectivity index (χ3v) is 7.32. The summed E-state index contributed by atoms with van der Waals surface area (Å²) < 4.78 is 19.3. The van der Waals surface area contributed by atoms with Crippen molar-refractivity contribution in [3.8, 4) is 44.3 Å². The molecule has 208 valence electrons. The van der Waals surface area contributed by atoms with Gasteiger partial charge in [0, 0.05) is 36.3 Å². The van der Waals surface area contributed by atoms with E-state index in [-0.39, 0.29) is 0 Å². The quantitative estimate of drug-likeness (QED) is 0.163. The van der Waals surface area contributed by atoms with Crippen molar-refractivity contribution in [2.24, 2.45) is 0 Å². The maximum Gasteiger partial charge on any atom is 0.227 e. The van der Waals surface area contributed by atoms with E-state index in [9.17, 15) is 5.26 Å². The van der Waals surface area contributed by atoms with Gasteiger partial charge in [0.1, 0.15) is 23.1 Å². The number of nitrogens with zero attached hydrogens (tertiary/aromatic N) is 5. The first kappa shape index (κ1) is 27.7. The van der Waals surface area contributed by atoms with Crippen molar-refractivity contribution in [3.05, 3.63) is 84.6 Å². The van der Waals surface area contributed by atoms with Gasteiger partial charge >= 0.3 is 0 Å². The van der Waals surface area contributed by atoms with Crippen LogP contribution in [0, 0.1) is 18.3 Å². The average Bonchev–Trinajstić information content (AvgIpc) is 3.58. The molecule has 1 N–H and O–H groups in total. The lowest BCUT2D eigenvalue weighted by molar-refractivity contribution is 0.302. The van der Waals surface area contributed by atoms with Gasteiger partial charge in [0.2, 0.25) is 5.95 Å². The number of aromatic nitrogens is 4. The molecule has 0 aliphatic rings. The van der Waals surface area contributed by atoms with Crippen LogP contribution in [-0.4, -0.2) is 39.8 Å². The molecule has 2 aromatic carbocycles. The summed E-state index contributed by atoms with van der Waals surface area (Å²) in [6.07, 6.45) is 6.42. The molecule has 0 aliphatic carbocycles. The molecule has 0 fully saturated rings. The van der Waals surface area contributed by atoms with Gasteiger partial charge in [0.05, 0.1) is 42.9 Å². The molecule has 41 heavy (non-hydrogen) atoms. The predicted octanol–water partition coefficient (Wildman–Crippen LogP) is 6.87. The highest BCUT2D eigenvalue weighted by Gasteiger charge is 2.23. The summed E-state index contributed by atoms with van der Waals surface area (Å²) in [5.74, 6) is 1.88. The van der Waals surface area contributed by atoms with E-state index in [0.717, 1.165) is 46.1 Å². The van der Waals surface area contributed by atoms with E-state index >= 15 is 0 Å². The van der Waals surface area contributed by atoms with Gasteiger partial charge in [-0.2, -0.15) is 5.26 Å². The molecule has 0 atom stereocenters. The van der Waals surface area contributed by atoms with Gasteiger partial charge in [-0.3, -0.25) is 0 Å². The number of imidazole rings is 1. The van der Waals surface area contributed by atoms with E-state index in [1.807, 2.05) is 81.0 Å². The number of anilines is 2. The van der Waals surface area contributed by atoms with Gasteiger partial charge in [-0.25, -0.2) is 15.0 Å². The number of ether oxygens (including phenoxy) is 3. The lowest BCUT2D eigenvalue weighted by Gasteiger charge is -2.10. The highest BCUT2D eigenvalue weighted by molar-refractivity contribution is 7.18. The van der Waals surface area contributed by atoms with Crippen LogP contribution in [0.25, 0.3) is 21.7 Å². The summed E-state index contributed by atoms with van der Waals surface area (Å²) in [4.78, 5) is 14.3. The van der Waals surface area contributed by atoms with Crippen molar-refractivity contribution < 1.29 is 14.2 Å². The number of nitrogens with one attached hydrogen (secondary N) is 1. The largest absolute Gasteiger partial charge is 0.497 e. The molecular formula is C31H30N6O3S. The Balaban J connectivity index is 1.36. The number of hydrogen-bond donors (Lipinski definition) is 1. The molecule has 5 rings (SSSR count). The molecular weight excluding hydrogens is 536 g/mol. The Morgan fingerprint density at radius 3 is 2.68 bits per heavy atom. The molecule has 3 heterocycles. The van der Waals surface area contributed by atoms with Crippen molar-refractivity contribution in [1.29, 1.82) is 5.26 Å². The van der Waals surface area contributed by atoms with Gasteiger partial charge in [0.25, 0.3) is 0 Å². The molecule has 0 saturated heterocycles. The van der Waals surface area contributed by atoms with Crippen LogP contribution in [0.3, 0.4) is 0 Å². The van der Waals surface area contributed by atoms with Crippen molar-refractivity contribution in [2.75, 3.05) is 25.6 Å². The van der Waals surface area contributed by atoms with Gasteiger partial charge in [0.15, 0.2) is 5.06 Å². The fourth-order valence-corrected chi connectivity index (χ4v) is 5.50. The van der Waals surface area contributed by atoms with Crippen molar-refractivity contribution in [2.45, 2.75) is 26.8 Å². The fourth-order valence-electron chi connectivity index (χ4n) is 4.35. The third-order valence-electron chi connectivity index (χ3n) is 6.19. The zero-order valence-electron chi connectivity index (χ0n) is 23.1. The van der Waals surface area contributed by atoms with Gasteiger partial charge in [-0.1, -0.05) is 29.5 Å². The van der Waals surface area contributed by atoms with Crippen molar-refractivity contribution in [1.82, 2.24) is 19.5 Å². The summed E-state index contributed by atoms with van der Waals surface area (Å²) in [6.45, 7) is 5.76. The molecule has 9 nitrogen and oxygen atoms in total. The molecule has 0 saturated carbocycles. The Hall–Kier alpha value is -4.88. The van der Waals surface area contributed by atoms with Crippen LogP contribution < -0.4 is 19.5 Å². The molecule has 5 aromatic rings. The Kier molecular flexibility index (Phi) is 8.76. The summed E-state index contributed by atoms with van der Waals surface area (Å²) >= 11 is 1.40. The molecule has 0 bridgehead atoms. The average molecular weight is 567 g/mol. The number of hydrogen-bond acceptors (Lipinski definition) is 9. The Morgan fingerprint density at radius 2 is 1.90 bits per heavy atom. The highest BCUT2D eigenvalue weighted by Crippen LogP contribution is 2.47. The second-order valence-corrected chi connectivity index (χ2v) is 10.1. The van der Waals surface area contributed by atoms with E-state index in [2.05, 4.69) is 25.9 Å². The molecule has 0 unspecified atom stereocenters. The van der Waals surface area contributed by atoms with Crippen LogP contribution in [0.2, 0.25) is 0 Å². The van der Waals surface area contributed by atoms with E-state index in [1.54, 1.807) is 13.3 Å². The van der Waals surface area contributed by atoms with E-state index < -0.39 is 0 Å². The lowest BCUT2D eigenvalue weighted by atomic mass is 10.0. The molecule has 0 aliphatic heterocycles. The van der Waals surface area contributed by atoms with E-state index in [4.69, 9.17) is 19.2 Å². The highest BCUT2D eigenvalue weighted by atomic mass is 32.1. The molecule has 3 aromatic heterocycles. The number of aryl methyl sites for hydroxylation is 2. The summed E-state index contributed by atoms with van der Waals surface area (Å²) in [6, 6.07) is 19.5. The SMILES string of the molecule is CCOc1sc(-c2ccnc(Nc3cccc(OCCCn4cnc(C)c4)c3)n2)c(-c2cccc(OC)c2)c1C#N. The fraction of sp³-hybridized carbons (Fsp3) is 0.226. The molecule has 0 amide bonds. The van der Waals surface area contributed by atoms with Crippen LogP contribution >= 0.6 is 11.3 Å². The lowest BCUT2D eigenvalue weighted by Crippen LogP contribution is -2.03. The minimum absolute atomic E-state index is 0.427. The molecule has 10 heteroatoms. The smallest absolute Gasteiger partial charge is 0.227 e. The normalized spacial score (nSPS) is 10.7. The van der Waals surface area contributed by atoms with Crippen molar-refractivity contribution >= 4 is 23.0 Å². The van der Waals surface area contributed by atoms with Gasteiger partial charge in [-0.05, 0) is 56.2 Å². The summed E-state index contributed by atoms with van der Waals surface area (Å²) in [7, 11) is 1.62. The predicted molar refractivity (Wildman–Crippen MR) is 160 cm³/mol. The maximum atomic E-state index is 10.1. The Morgan fingerprint density at radius 1 is 1.05 bits per heavy atom. The number of rotatable bonds is 12. The van der Waals surface area contributed by atoms with Gasteiger partial charge in [-0.15, -0.1) is 0 Å². The second-order valence-electron chi connectivity index (χ2n) is 9.12. The number of thiophene rings is 1. The first-order valence-corrected chi connectivity index (χ1v) is 14.1. The zero-order chi connectivity index (χ0) is 28.6. The van der Waals surface area contributed by atoms with Crippen LogP contribution in [0.15, 0.2) is 73.3 Å². The van der Waals surface area contributed by atoms with E-state index in [0.29, 0.717) is 41.2 Å². The first-order valence-electron chi connectivity index (χ1n) is 13.2. The number of benzene rings is 2. The standard InChI is InChI=1S/C31H30N6O3S/c1-4-39-30-26(18-32)28(22-8-5-10-24(16-22)38-3)29(41-30)27-12-13-33-31(36-27)35-23-9-6-11-25(17-23)40-15-7-14-37-19-21(2)34-20-37/h5-6,8-13,16-17,19-20H,4,7,14-15H2,1-3H3,(H,33,35,36). The van der Waals surface area contributed by atoms with Crippen molar-refractivity contribution in [3.63, 3.8) is 0 Å². The van der Waals surface area contributed by atoms with E-state index in [1.165, 1.54) is 11.3 Å². The monoisotopic (exact) mass is 566 g/mol. The van der Waals surface area contributed by atoms with Crippen LogP contribution in [0.1, 0.15) is 24.6 Å². The van der Waals surface area contributed by atoms with Crippen LogP contribution in [0.4, 0.5) is 11.6 Å².